The van der Waals surface area contributed by atoms with Gasteiger partial charge in [0.25, 0.3) is 13.3 Å². The Morgan fingerprint density at radius 3 is 2.85 bits per heavy atom. The van der Waals surface area contributed by atoms with Crippen LogP contribution in [0.25, 0.3) is 0 Å². The lowest BCUT2D eigenvalue weighted by molar-refractivity contribution is 0.0975. The first-order valence-electron chi connectivity index (χ1n) is 8.32. The normalized spacial score (nSPS) is 22.2. The van der Waals surface area contributed by atoms with Crippen molar-refractivity contribution in [3.05, 3.63) is 53.0 Å². The Morgan fingerprint density at radius 1 is 1.44 bits per heavy atom. The Labute approximate surface area is 167 Å². The van der Waals surface area contributed by atoms with E-state index in [1.165, 1.54) is 18.9 Å². The Bertz CT molecular complexity index is 806. The molecular formula is C17H18BN4O3S2. The standard InChI is InChI=1S/C17H18BN4O3S2/c23-9-13-8-22(18-11-24)10-17(13,14-6-7-19-27-14)21-16(26)20-15(25)12-4-2-1-3-5-12/h1-7,11,13,23H,8-10H2,(H2,20,21,25,26). The van der Waals surface area contributed by atoms with Crippen molar-refractivity contribution in [2.45, 2.75) is 5.54 Å². The van der Waals surface area contributed by atoms with Crippen LogP contribution in [0.2, 0.25) is 0 Å². The van der Waals surface area contributed by atoms with Crippen molar-refractivity contribution < 1.29 is 14.7 Å². The van der Waals surface area contributed by atoms with E-state index in [0.29, 0.717) is 24.8 Å². The molecule has 3 N–H and O–H groups in total. The van der Waals surface area contributed by atoms with E-state index in [4.69, 9.17) is 12.2 Å². The number of carbonyl (C=O) groups excluding carboxylic acids is 2. The third kappa shape index (κ3) is 4.24. The van der Waals surface area contributed by atoms with Gasteiger partial charge in [0.1, 0.15) is 0 Å². The van der Waals surface area contributed by atoms with Gasteiger partial charge in [-0.25, -0.2) is 4.37 Å². The molecule has 1 radical (unpaired) electrons. The molecule has 1 aromatic heterocycles. The van der Waals surface area contributed by atoms with Gasteiger partial charge in [-0.2, -0.15) is 0 Å². The summed E-state index contributed by atoms with van der Waals surface area (Å²) in [5.74, 6) is -0.553. The zero-order valence-electron chi connectivity index (χ0n) is 14.4. The minimum atomic E-state index is -0.753. The first kappa shape index (κ1) is 19.6. The molecule has 0 bridgehead atoms. The molecule has 3 rings (SSSR count). The van der Waals surface area contributed by atoms with Crippen molar-refractivity contribution in [1.82, 2.24) is 19.8 Å². The fourth-order valence-electron chi connectivity index (χ4n) is 3.29. The Balaban J connectivity index is 1.81. The molecule has 1 aromatic carbocycles. The second-order valence-corrected chi connectivity index (χ2v) is 7.46. The molecule has 1 amide bonds. The van der Waals surface area contributed by atoms with Crippen LogP contribution >= 0.6 is 23.8 Å². The summed E-state index contributed by atoms with van der Waals surface area (Å²) in [5, 5.41) is 16.0. The van der Waals surface area contributed by atoms with E-state index in [1.54, 1.807) is 30.5 Å². The fraction of sp³-hybridized carbons (Fsp3) is 0.294. The third-order valence-electron chi connectivity index (χ3n) is 4.57. The van der Waals surface area contributed by atoms with Crippen LogP contribution in [-0.2, 0) is 10.3 Å². The molecule has 0 aliphatic carbocycles. The van der Waals surface area contributed by atoms with E-state index < -0.39 is 5.54 Å². The maximum Gasteiger partial charge on any atom is 0.293 e. The number of aliphatic hydroxyl groups excluding tert-OH is 1. The summed E-state index contributed by atoms with van der Waals surface area (Å²) < 4.78 is 4.16. The van der Waals surface area contributed by atoms with Crippen molar-refractivity contribution in [1.29, 1.82) is 0 Å². The van der Waals surface area contributed by atoms with Gasteiger partial charge in [-0.1, -0.05) is 18.2 Å². The summed E-state index contributed by atoms with van der Waals surface area (Å²) in [6.45, 7) is 0.791. The van der Waals surface area contributed by atoms with Crippen molar-refractivity contribution in [3.8, 4) is 0 Å². The molecule has 10 heteroatoms. The highest BCUT2D eigenvalue weighted by molar-refractivity contribution is 7.80. The molecule has 2 heterocycles. The largest absolute Gasteiger partial charge is 0.396 e. The molecule has 0 spiro atoms. The van der Waals surface area contributed by atoms with Gasteiger partial charge in [-0.05, 0) is 48.5 Å². The molecule has 1 aliphatic rings. The van der Waals surface area contributed by atoms with Crippen LogP contribution in [0.4, 0.5) is 0 Å². The van der Waals surface area contributed by atoms with Crippen molar-refractivity contribution in [2.24, 2.45) is 5.92 Å². The van der Waals surface area contributed by atoms with E-state index in [0.717, 1.165) is 4.88 Å². The van der Waals surface area contributed by atoms with Crippen molar-refractivity contribution >= 4 is 48.4 Å². The van der Waals surface area contributed by atoms with E-state index >= 15 is 0 Å². The molecule has 2 atom stereocenters. The van der Waals surface area contributed by atoms with Crippen molar-refractivity contribution in [2.75, 3.05) is 19.7 Å². The summed E-state index contributed by atoms with van der Waals surface area (Å²) in [4.78, 5) is 26.0. The number of aromatic nitrogens is 1. The number of rotatable bonds is 6. The zero-order valence-corrected chi connectivity index (χ0v) is 16.0. The minimum Gasteiger partial charge on any atom is -0.396 e. The second kappa shape index (κ2) is 8.70. The lowest BCUT2D eigenvalue weighted by atomic mass is 9.86. The van der Waals surface area contributed by atoms with E-state index in [2.05, 4.69) is 15.0 Å². The Hall–Kier alpha value is -2.14. The average molecular weight is 401 g/mol. The first-order valence-corrected chi connectivity index (χ1v) is 9.50. The number of nitrogens with zero attached hydrogens (tertiary/aromatic N) is 2. The second-order valence-electron chi connectivity index (χ2n) is 6.22. The molecule has 1 saturated heterocycles. The number of nitrogens with one attached hydrogen (secondary N) is 2. The van der Waals surface area contributed by atoms with Crippen LogP contribution in [0.3, 0.4) is 0 Å². The maximum atomic E-state index is 12.4. The van der Waals surface area contributed by atoms with Crippen LogP contribution in [0.1, 0.15) is 15.2 Å². The molecule has 0 saturated carbocycles. The first-order chi connectivity index (χ1) is 13.1. The molecule has 7 nitrogen and oxygen atoms in total. The number of benzene rings is 1. The van der Waals surface area contributed by atoms with Gasteiger partial charge in [0, 0.05) is 30.8 Å². The summed E-state index contributed by atoms with van der Waals surface area (Å²) in [5.41, 5.74) is -0.259. The summed E-state index contributed by atoms with van der Waals surface area (Å²) >= 11 is 6.67. The quantitative estimate of drug-likeness (QED) is 0.366. The summed E-state index contributed by atoms with van der Waals surface area (Å²) in [6, 6.07) is 10.6. The predicted molar refractivity (Wildman–Crippen MR) is 108 cm³/mol. The monoisotopic (exact) mass is 401 g/mol. The lowest BCUT2D eigenvalue weighted by Gasteiger charge is -2.35. The van der Waals surface area contributed by atoms with Gasteiger partial charge in [-0.3, -0.25) is 10.1 Å². The number of aliphatic hydroxyl groups is 1. The van der Waals surface area contributed by atoms with E-state index in [-0.39, 0.29) is 23.5 Å². The van der Waals surface area contributed by atoms with Gasteiger partial charge in [0.2, 0.25) is 0 Å². The van der Waals surface area contributed by atoms with Crippen LogP contribution in [0.5, 0.6) is 0 Å². The zero-order chi connectivity index (χ0) is 19.3. The molecule has 2 unspecified atom stereocenters. The molecule has 139 valence electrons. The molecular weight excluding hydrogens is 383 g/mol. The Kier molecular flexibility index (Phi) is 6.32. The topological polar surface area (TPSA) is 94.6 Å². The number of hydrogen-bond acceptors (Lipinski definition) is 7. The highest BCUT2D eigenvalue weighted by Crippen LogP contribution is 2.38. The molecule has 1 aliphatic heterocycles. The van der Waals surface area contributed by atoms with Crippen molar-refractivity contribution in [3.63, 3.8) is 0 Å². The van der Waals surface area contributed by atoms with Crippen LogP contribution < -0.4 is 10.6 Å². The van der Waals surface area contributed by atoms with Gasteiger partial charge >= 0.3 is 0 Å². The van der Waals surface area contributed by atoms with Crippen LogP contribution in [0, 0.1) is 5.92 Å². The van der Waals surface area contributed by atoms with Gasteiger partial charge in [-0.15, -0.1) is 0 Å². The van der Waals surface area contributed by atoms with Gasteiger partial charge < -0.3 is 20.0 Å². The number of hydrogen-bond donors (Lipinski definition) is 3. The smallest absolute Gasteiger partial charge is 0.293 e. The average Bonchev–Trinajstić information content (AvgIpc) is 3.31. The predicted octanol–water partition coefficient (Wildman–Crippen LogP) is 0.376. The maximum absolute atomic E-state index is 12.4. The summed E-state index contributed by atoms with van der Waals surface area (Å²) in [7, 11) is 1.44. The van der Waals surface area contributed by atoms with Gasteiger partial charge in [0.05, 0.1) is 16.6 Å². The Morgan fingerprint density at radius 2 is 2.22 bits per heavy atom. The minimum absolute atomic E-state index is 0.108. The number of thiocarbonyl (C=S) groups is 1. The fourth-order valence-corrected chi connectivity index (χ4v) is 4.37. The van der Waals surface area contributed by atoms with Crippen LogP contribution in [-0.4, -0.2) is 58.6 Å². The molecule has 1 fully saturated rings. The van der Waals surface area contributed by atoms with E-state index in [9.17, 15) is 14.7 Å². The lowest BCUT2D eigenvalue weighted by Crippen LogP contribution is -2.56. The third-order valence-corrected chi connectivity index (χ3v) is 5.70. The highest BCUT2D eigenvalue weighted by atomic mass is 32.1. The SMILES string of the molecule is O=C[B]N1CC(CO)C(NC(=S)NC(=O)c2ccccc2)(c2ccns2)C1. The van der Waals surface area contributed by atoms with Gasteiger partial charge in [0.15, 0.2) is 5.11 Å². The molecule has 27 heavy (non-hydrogen) atoms. The number of carbonyl (C=O) groups is 2. The number of amides is 1. The summed E-state index contributed by atoms with van der Waals surface area (Å²) in [6.07, 6.45) is 2.39. The molecule has 2 aromatic rings. The highest BCUT2D eigenvalue weighted by Gasteiger charge is 2.49. The van der Waals surface area contributed by atoms with Crippen LogP contribution in [0.15, 0.2) is 42.6 Å². The van der Waals surface area contributed by atoms with E-state index in [1.807, 2.05) is 16.9 Å².